The first-order chi connectivity index (χ1) is 15.1. The SMILES string of the molecule is CC.Cc1c2cc(C3CC3)ccc2nn1-c1cc2cnn(CC(F)(F)C(F)(F)F)c2cn1. The van der Waals surface area contributed by atoms with Gasteiger partial charge in [0.1, 0.15) is 6.54 Å². The molecule has 3 heterocycles. The molecule has 5 rings (SSSR count). The maximum Gasteiger partial charge on any atom is 0.455 e. The summed E-state index contributed by atoms with van der Waals surface area (Å²) < 4.78 is 66.6. The zero-order valence-corrected chi connectivity index (χ0v) is 17.8. The van der Waals surface area contributed by atoms with E-state index in [-0.39, 0.29) is 5.52 Å². The third kappa shape index (κ3) is 3.82. The highest BCUT2D eigenvalue weighted by atomic mass is 19.4. The van der Waals surface area contributed by atoms with Crippen molar-refractivity contribution in [2.24, 2.45) is 0 Å². The first kappa shape index (κ1) is 22.2. The van der Waals surface area contributed by atoms with Gasteiger partial charge in [-0.25, -0.2) is 9.67 Å². The second-order valence-electron chi connectivity index (χ2n) is 7.65. The minimum absolute atomic E-state index is 0.0908. The molecular formula is C22H22F5N5. The molecule has 0 saturated heterocycles. The van der Waals surface area contributed by atoms with Crippen molar-refractivity contribution in [1.29, 1.82) is 0 Å². The predicted molar refractivity (Wildman–Crippen MR) is 111 cm³/mol. The van der Waals surface area contributed by atoms with Crippen LogP contribution in [-0.4, -0.2) is 36.6 Å². The van der Waals surface area contributed by atoms with E-state index in [1.165, 1.54) is 30.8 Å². The van der Waals surface area contributed by atoms with E-state index in [9.17, 15) is 22.0 Å². The summed E-state index contributed by atoms with van der Waals surface area (Å²) >= 11 is 0. The molecule has 0 N–H and O–H groups in total. The largest absolute Gasteiger partial charge is 0.455 e. The topological polar surface area (TPSA) is 48.5 Å². The standard InChI is InChI=1S/C20H16F5N5.C2H6/c1-11-15-6-13(12-2-3-12)4-5-16(15)28-30(11)18-7-14-8-27-29(17(14)9-26-18)10-19(21,22)20(23,24)25;1-2/h4-9,12H,2-3,10H2,1H3;1-2H3. The summed E-state index contributed by atoms with van der Waals surface area (Å²) in [6, 6.07) is 7.73. The Kier molecular flexibility index (Phi) is 5.42. The minimum Gasteiger partial charge on any atom is -0.257 e. The highest BCUT2D eigenvalue weighted by Crippen LogP contribution is 2.41. The first-order valence-electron chi connectivity index (χ1n) is 10.4. The number of aryl methyl sites for hydroxylation is 1. The van der Waals surface area contributed by atoms with Gasteiger partial charge in [0.05, 0.1) is 29.1 Å². The van der Waals surface area contributed by atoms with E-state index in [1.807, 2.05) is 26.8 Å². The van der Waals surface area contributed by atoms with Crippen molar-refractivity contribution in [3.63, 3.8) is 0 Å². The fraction of sp³-hybridized carbons (Fsp3) is 0.409. The van der Waals surface area contributed by atoms with E-state index in [1.54, 1.807) is 10.7 Å². The molecule has 1 aromatic carbocycles. The fourth-order valence-electron chi connectivity index (χ4n) is 3.61. The molecule has 1 fully saturated rings. The van der Waals surface area contributed by atoms with Crippen molar-refractivity contribution in [2.45, 2.75) is 58.2 Å². The maximum atomic E-state index is 13.4. The number of fused-ring (bicyclic) bond motifs is 2. The van der Waals surface area contributed by atoms with E-state index in [4.69, 9.17) is 0 Å². The minimum atomic E-state index is -5.65. The number of aromatic nitrogens is 5. The number of halogens is 5. The van der Waals surface area contributed by atoms with Crippen molar-refractivity contribution in [3.05, 3.63) is 47.9 Å². The monoisotopic (exact) mass is 451 g/mol. The molecule has 0 atom stereocenters. The summed E-state index contributed by atoms with van der Waals surface area (Å²) in [6.45, 7) is 4.31. The molecule has 0 spiro atoms. The summed E-state index contributed by atoms with van der Waals surface area (Å²) in [5, 5.41) is 9.67. The highest BCUT2D eigenvalue weighted by molar-refractivity contribution is 5.84. The summed E-state index contributed by atoms with van der Waals surface area (Å²) in [7, 11) is 0. The quantitative estimate of drug-likeness (QED) is 0.348. The van der Waals surface area contributed by atoms with Gasteiger partial charge in [-0.3, -0.25) is 4.68 Å². The summed E-state index contributed by atoms with van der Waals surface area (Å²) in [6.07, 6.45) is -0.783. The second-order valence-corrected chi connectivity index (χ2v) is 7.65. The van der Waals surface area contributed by atoms with E-state index < -0.39 is 18.6 Å². The van der Waals surface area contributed by atoms with Gasteiger partial charge in [-0.05, 0) is 49.4 Å². The van der Waals surface area contributed by atoms with Gasteiger partial charge in [0.15, 0.2) is 5.82 Å². The number of benzene rings is 1. The molecular weight excluding hydrogens is 429 g/mol. The molecule has 5 nitrogen and oxygen atoms in total. The lowest BCUT2D eigenvalue weighted by Gasteiger charge is -2.19. The van der Waals surface area contributed by atoms with Crippen LogP contribution in [0.1, 0.15) is 43.9 Å². The number of pyridine rings is 1. The Balaban J connectivity index is 0.00000119. The number of nitrogens with zero attached hydrogens (tertiary/aromatic N) is 5. The van der Waals surface area contributed by atoms with Crippen LogP contribution in [0.2, 0.25) is 0 Å². The lowest BCUT2D eigenvalue weighted by atomic mass is 10.1. The van der Waals surface area contributed by atoms with Crippen molar-refractivity contribution in [3.8, 4) is 5.82 Å². The average molecular weight is 451 g/mol. The van der Waals surface area contributed by atoms with Crippen LogP contribution in [0, 0.1) is 6.92 Å². The predicted octanol–water partition coefficient (Wildman–Crippen LogP) is 6.18. The van der Waals surface area contributed by atoms with Gasteiger partial charge in [0.25, 0.3) is 0 Å². The number of rotatable bonds is 4. The van der Waals surface area contributed by atoms with Crippen LogP contribution in [0.25, 0.3) is 27.6 Å². The molecule has 1 aliphatic rings. The Morgan fingerprint density at radius 2 is 1.75 bits per heavy atom. The van der Waals surface area contributed by atoms with Gasteiger partial charge in [0.2, 0.25) is 0 Å². The molecule has 0 unspecified atom stereocenters. The number of hydrogen-bond donors (Lipinski definition) is 0. The molecule has 0 amide bonds. The summed E-state index contributed by atoms with van der Waals surface area (Å²) in [5.41, 5.74) is 3.04. The third-order valence-electron chi connectivity index (χ3n) is 5.48. The molecule has 1 aliphatic carbocycles. The van der Waals surface area contributed by atoms with Crippen LogP contribution in [0.4, 0.5) is 22.0 Å². The summed E-state index contributed by atoms with van der Waals surface area (Å²) in [5.74, 6) is -3.85. The van der Waals surface area contributed by atoms with E-state index in [0.717, 1.165) is 16.6 Å². The van der Waals surface area contributed by atoms with Crippen LogP contribution in [0.5, 0.6) is 0 Å². The molecule has 4 aromatic rings. The van der Waals surface area contributed by atoms with Gasteiger partial charge in [-0.1, -0.05) is 19.9 Å². The smallest absolute Gasteiger partial charge is 0.257 e. The van der Waals surface area contributed by atoms with Crippen molar-refractivity contribution in [1.82, 2.24) is 24.5 Å². The Morgan fingerprint density at radius 3 is 2.41 bits per heavy atom. The molecule has 0 aliphatic heterocycles. The van der Waals surface area contributed by atoms with Crippen LogP contribution < -0.4 is 0 Å². The Labute approximate surface area is 180 Å². The molecule has 0 radical (unpaired) electrons. The van der Waals surface area contributed by atoms with Crippen LogP contribution in [0.3, 0.4) is 0 Å². The fourth-order valence-corrected chi connectivity index (χ4v) is 3.61. The molecule has 10 heteroatoms. The lowest BCUT2D eigenvalue weighted by molar-refractivity contribution is -0.287. The molecule has 0 bridgehead atoms. The molecule has 1 saturated carbocycles. The number of hydrogen-bond acceptors (Lipinski definition) is 3. The van der Waals surface area contributed by atoms with Gasteiger partial charge >= 0.3 is 12.1 Å². The van der Waals surface area contributed by atoms with Gasteiger partial charge < -0.3 is 0 Å². The molecule has 3 aromatic heterocycles. The number of alkyl halides is 5. The Bertz CT molecular complexity index is 1270. The van der Waals surface area contributed by atoms with Crippen LogP contribution >= 0.6 is 0 Å². The normalized spacial score (nSPS) is 14.6. The zero-order chi connectivity index (χ0) is 23.3. The first-order valence-corrected chi connectivity index (χ1v) is 10.4. The van der Waals surface area contributed by atoms with Crippen LogP contribution in [-0.2, 0) is 6.54 Å². The van der Waals surface area contributed by atoms with E-state index in [2.05, 4.69) is 27.3 Å². The Hall–Kier alpha value is -3.04. The molecule has 32 heavy (non-hydrogen) atoms. The van der Waals surface area contributed by atoms with Crippen molar-refractivity contribution in [2.75, 3.05) is 0 Å². The van der Waals surface area contributed by atoms with Gasteiger partial charge in [-0.15, -0.1) is 0 Å². The van der Waals surface area contributed by atoms with Crippen molar-refractivity contribution >= 4 is 21.8 Å². The maximum absolute atomic E-state index is 13.4. The summed E-state index contributed by atoms with van der Waals surface area (Å²) in [4.78, 5) is 4.24. The van der Waals surface area contributed by atoms with E-state index >= 15 is 0 Å². The zero-order valence-electron chi connectivity index (χ0n) is 17.8. The van der Waals surface area contributed by atoms with Gasteiger partial charge in [-0.2, -0.15) is 32.1 Å². The highest BCUT2D eigenvalue weighted by Gasteiger charge is 2.57. The third-order valence-corrected chi connectivity index (χ3v) is 5.48. The Morgan fingerprint density at radius 1 is 1.03 bits per heavy atom. The van der Waals surface area contributed by atoms with Crippen molar-refractivity contribution < 1.29 is 22.0 Å². The lowest BCUT2D eigenvalue weighted by Crippen LogP contribution is -2.40. The van der Waals surface area contributed by atoms with Crippen LogP contribution in [0.15, 0.2) is 36.7 Å². The second kappa shape index (κ2) is 7.83. The van der Waals surface area contributed by atoms with Gasteiger partial charge in [0, 0.05) is 10.8 Å². The average Bonchev–Trinajstić information content (AvgIpc) is 3.46. The van der Waals surface area contributed by atoms with E-state index in [0.29, 0.717) is 21.8 Å². The molecule has 170 valence electrons.